The summed E-state index contributed by atoms with van der Waals surface area (Å²) in [4.78, 5) is 24.5. The lowest BCUT2D eigenvalue weighted by molar-refractivity contribution is 0.0269. The molecule has 0 radical (unpaired) electrons. The Morgan fingerprint density at radius 1 is 1.38 bits per heavy atom. The average Bonchev–Trinajstić information content (AvgIpc) is 2.53. The second-order valence-electron chi connectivity index (χ2n) is 4.81. The van der Waals surface area contributed by atoms with Crippen LogP contribution >= 0.6 is 0 Å². The maximum Gasteiger partial charge on any atom is 0.414 e. The molecule has 1 aliphatic heterocycles. The van der Waals surface area contributed by atoms with Crippen LogP contribution in [0.15, 0.2) is 36.0 Å². The molecule has 1 unspecified atom stereocenters. The second kappa shape index (κ2) is 7.62. The minimum Gasteiger partial charge on any atom is -0.444 e. The van der Waals surface area contributed by atoms with Crippen molar-refractivity contribution in [1.29, 1.82) is 0 Å². The molecule has 0 spiro atoms. The number of nitrogens with zero attached hydrogens (tertiary/aromatic N) is 1. The summed E-state index contributed by atoms with van der Waals surface area (Å²) in [5, 5.41) is 0. The SMILES string of the molecule is CCOC1CCN(C(=O)OCc2ccccc2)C(=C=O)C1. The number of hydrogen-bond donors (Lipinski definition) is 0. The molecule has 1 amide bonds. The second-order valence-corrected chi connectivity index (χ2v) is 4.81. The molecule has 2 rings (SSSR count). The van der Waals surface area contributed by atoms with Gasteiger partial charge in [0, 0.05) is 19.6 Å². The summed E-state index contributed by atoms with van der Waals surface area (Å²) in [6.07, 6.45) is 0.564. The van der Waals surface area contributed by atoms with Crippen molar-refractivity contribution in [2.24, 2.45) is 0 Å². The first-order chi connectivity index (χ1) is 10.2. The van der Waals surface area contributed by atoms with Crippen molar-refractivity contribution < 1.29 is 19.1 Å². The molecule has 0 aliphatic carbocycles. The van der Waals surface area contributed by atoms with E-state index < -0.39 is 6.09 Å². The van der Waals surface area contributed by atoms with Gasteiger partial charge >= 0.3 is 6.09 Å². The number of rotatable bonds is 4. The van der Waals surface area contributed by atoms with Gasteiger partial charge in [0.15, 0.2) is 0 Å². The van der Waals surface area contributed by atoms with Crippen molar-refractivity contribution in [3.8, 4) is 0 Å². The van der Waals surface area contributed by atoms with E-state index in [9.17, 15) is 9.59 Å². The third-order valence-electron chi connectivity index (χ3n) is 3.37. The molecule has 21 heavy (non-hydrogen) atoms. The summed E-state index contributed by atoms with van der Waals surface area (Å²) >= 11 is 0. The standard InChI is InChI=1S/C16H19NO4/c1-2-20-15-8-9-17(14(10-15)11-18)16(19)21-12-13-6-4-3-5-7-13/h3-7,15H,2,8-10,12H2,1H3. The number of amides is 1. The smallest absolute Gasteiger partial charge is 0.414 e. The summed E-state index contributed by atoms with van der Waals surface area (Å²) in [7, 11) is 0. The maximum atomic E-state index is 12.1. The Morgan fingerprint density at radius 2 is 2.14 bits per heavy atom. The molecule has 0 N–H and O–H groups in total. The summed E-state index contributed by atoms with van der Waals surface area (Å²) in [6, 6.07) is 9.42. The lowest BCUT2D eigenvalue weighted by Gasteiger charge is -2.31. The Balaban J connectivity index is 1.91. The van der Waals surface area contributed by atoms with E-state index in [2.05, 4.69) is 0 Å². The van der Waals surface area contributed by atoms with Crippen molar-refractivity contribution in [2.45, 2.75) is 32.5 Å². The molecule has 1 fully saturated rings. The fourth-order valence-electron chi connectivity index (χ4n) is 2.31. The van der Waals surface area contributed by atoms with Crippen molar-refractivity contribution >= 4 is 12.0 Å². The van der Waals surface area contributed by atoms with Crippen LogP contribution in [0.2, 0.25) is 0 Å². The normalized spacial score (nSPS) is 18.2. The predicted octanol–water partition coefficient (Wildman–Crippen LogP) is 2.54. The Hall–Kier alpha value is -2.10. The molecule has 1 atom stereocenters. The van der Waals surface area contributed by atoms with Gasteiger partial charge in [0.05, 0.1) is 6.10 Å². The van der Waals surface area contributed by atoms with Crippen molar-refractivity contribution in [3.63, 3.8) is 0 Å². The molecule has 0 aromatic heterocycles. The fourth-order valence-corrected chi connectivity index (χ4v) is 2.31. The third kappa shape index (κ3) is 4.18. The maximum absolute atomic E-state index is 12.1. The van der Waals surface area contributed by atoms with Crippen molar-refractivity contribution in [2.75, 3.05) is 13.2 Å². The molecule has 0 saturated carbocycles. The molecule has 1 aromatic rings. The first-order valence-corrected chi connectivity index (χ1v) is 7.08. The molecular formula is C16H19NO4. The van der Waals surface area contributed by atoms with Gasteiger partial charge < -0.3 is 9.47 Å². The van der Waals surface area contributed by atoms with Crippen LogP contribution in [0.5, 0.6) is 0 Å². The van der Waals surface area contributed by atoms with Gasteiger partial charge in [-0.3, -0.25) is 4.90 Å². The number of carbonyl (C=O) groups is 1. The van der Waals surface area contributed by atoms with Gasteiger partial charge in [-0.05, 0) is 18.9 Å². The molecule has 5 heteroatoms. The summed E-state index contributed by atoms with van der Waals surface area (Å²) < 4.78 is 10.7. The zero-order chi connectivity index (χ0) is 15.1. The number of benzene rings is 1. The quantitative estimate of drug-likeness (QED) is 0.799. The van der Waals surface area contributed by atoms with E-state index in [-0.39, 0.29) is 12.7 Å². The van der Waals surface area contributed by atoms with Gasteiger partial charge in [0.25, 0.3) is 0 Å². The monoisotopic (exact) mass is 289 g/mol. The van der Waals surface area contributed by atoms with Crippen LogP contribution in [0.4, 0.5) is 4.79 Å². The average molecular weight is 289 g/mol. The lowest BCUT2D eigenvalue weighted by Crippen LogP contribution is -2.40. The van der Waals surface area contributed by atoms with Gasteiger partial charge in [-0.1, -0.05) is 30.3 Å². The van der Waals surface area contributed by atoms with Crippen LogP contribution in [-0.2, 0) is 20.9 Å². The van der Waals surface area contributed by atoms with Crippen LogP contribution in [0.3, 0.4) is 0 Å². The Morgan fingerprint density at radius 3 is 2.81 bits per heavy atom. The topological polar surface area (TPSA) is 55.8 Å². The molecule has 1 aromatic carbocycles. The highest BCUT2D eigenvalue weighted by molar-refractivity contribution is 5.73. The molecule has 0 bridgehead atoms. The minimum atomic E-state index is -0.507. The number of hydrogen-bond acceptors (Lipinski definition) is 4. The molecular weight excluding hydrogens is 270 g/mol. The van der Waals surface area contributed by atoms with Gasteiger partial charge in [0.1, 0.15) is 18.2 Å². The van der Waals surface area contributed by atoms with Crippen LogP contribution in [0, 0.1) is 0 Å². The van der Waals surface area contributed by atoms with E-state index in [0.29, 0.717) is 31.7 Å². The van der Waals surface area contributed by atoms with Crippen molar-refractivity contribution in [3.05, 3.63) is 41.6 Å². The highest BCUT2D eigenvalue weighted by atomic mass is 16.6. The van der Waals surface area contributed by atoms with E-state index in [1.165, 1.54) is 4.90 Å². The van der Waals surface area contributed by atoms with Crippen LogP contribution in [0.25, 0.3) is 0 Å². The number of ether oxygens (including phenoxy) is 2. The van der Waals surface area contributed by atoms with E-state index in [1.54, 1.807) is 0 Å². The highest BCUT2D eigenvalue weighted by Crippen LogP contribution is 2.22. The summed E-state index contributed by atoms with van der Waals surface area (Å²) in [6.45, 7) is 3.11. The van der Waals surface area contributed by atoms with E-state index in [0.717, 1.165) is 5.56 Å². The van der Waals surface area contributed by atoms with E-state index in [1.807, 2.05) is 43.2 Å². The molecule has 112 valence electrons. The highest BCUT2D eigenvalue weighted by Gasteiger charge is 2.29. The molecule has 1 aliphatic rings. The van der Waals surface area contributed by atoms with Crippen LogP contribution in [-0.4, -0.2) is 36.2 Å². The molecule has 5 nitrogen and oxygen atoms in total. The van der Waals surface area contributed by atoms with E-state index >= 15 is 0 Å². The van der Waals surface area contributed by atoms with E-state index in [4.69, 9.17) is 9.47 Å². The van der Waals surface area contributed by atoms with Gasteiger partial charge in [-0.2, -0.15) is 0 Å². The van der Waals surface area contributed by atoms with Crippen LogP contribution < -0.4 is 0 Å². The van der Waals surface area contributed by atoms with Gasteiger partial charge in [-0.25, -0.2) is 9.59 Å². The zero-order valence-corrected chi connectivity index (χ0v) is 12.1. The summed E-state index contributed by atoms with van der Waals surface area (Å²) in [5.41, 5.74) is 1.21. The largest absolute Gasteiger partial charge is 0.444 e. The fraction of sp³-hybridized carbons (Fsp3) is 0.438. The Bertz CT molecular complexity index is 522. The van der Waals surface area contributed by atoms with Crippen molar-refractivity contribution in [1.82, 2.24) is 4.90 Å². The third-order valence-corrected chi connectivity index (χ3v) is 3.37. The Labute approximate surface area is 124 Å². The number of likely N-dealkylation sites (tertiary alicyclic amines) is 1. The lowest BCUT2D eigenvalue weighted by atomic mass is 10.1. The predicted molar refractivity (Wildman–Crippen MR) is 77.2 cm³/mol. The number of carbonyl (C=O) groups excluding carboxylic acids is 2. The van der Waals surface area contributed by atoms with Gasteiger partial charge in [0.2, 0.25) is 0 Å². The minimum absolute atomic E-state index is 0.0235. The first kappa shape index (κ1) is 15.3. The molecule has 1 heterocycles. The Kier molecular flexibility index (Phi) is 5.55. The zero-order valence-electron chi connectivity index (χ0n) is 12.1. The number of piperidine rings is 1. The van der Waals surface area contributed by atoms with Gasteiger partial charge in [-0.15, -0.1) is 0 Å². The van der Waals surface area contributed by atoms with Crippen LogP contribution in [0.1, 0.15) is 25.3 Å². The first-order valence-electron chi connectivity index (χ1n) is 7.08. The molecule has 1 saturated heterocycles. The summed E-state index contributed by atoms with van der Waals surface area (Å²) in [5.74, 6) is 1.83.